The number of rotatable bonds is 8. The van der Waals surface area contributed by atoms with E-state index >= 15 is 0 Å². The lowest BCUT2D eigenvalue weighted by atomic mass is 10.2. The van der Waals surface area contributed by atoms with Crippen LogP contribution >= 0.6 is 0 Å². The molecular formula is C19H19F2N5O4S. The van der Waals surface area contributed by atoms with Crippen molar-refractivity contribution in [3.05, 3.63) is 66.4 Å². The predicted octanol–water partition coefficient (Wildman–Crippen LogP) is 1.49. The zero-order valence-corrected chi connectivity index (χ0v) is 17.4. The van der Waals surface area contributed by atoms with Crippen molar-refractivity contribution in [1.29, 1.82) is 0 Å². The minimum absolute atomic E-state index is 0.175. The number of aromatic nitrogens is 3. The summed E-state index contributed by atoms with van der Waals surface area (Å²) in [5.41, 5.74) is 0.445. The van der Waals surface area contributed by atoms with Crippen LogP contribution in [-0.2, 0) is 21.4 Å². The highest BCUT2D eigenvalue weighted by molar-refractivity contribution is 7.89. The number of ether oxygens (including phenoxy) is 1. The number of amides is 1. The Morgan fingerprint density at radius 3 is 2.52 bits per heavy atom. The molecule has 0 unspecified atom stereocenters. The minimum atomic E-state index is -4.73. The second-order valence-electron chi connectivity index (χ2n) is 6.36. The minimum Gasteiger partial charge on any atom is -0.497 e. The number of halogens is 2. The zero-order chi connectivity index (χ0) is 22.6. The quantitative estimate of drug-likeness (QED) is 0.556. The number of pyridine rings is 1. The molecule has 0 fully saturated rings. The highest BCUT2D eigenvalue weighted by Gasteiger charge is 2.33. The fourth-order valence-electron chi connectivity index (χ4n) is 2.79. The van der Waals surface area contributed by atoms with Gasteiger partial charge in [0.2, 0.25) is 15.9 Å². The Morgan fingerprint density at radius 1 is 1.23 bits per heavy atom. The van der Waals surface area contributed by atoms with Crippen LogP contribution in [0.3, 0.4) is 0 Å². The van der Waals surface area contributed by atoms with Crippen molar-refractivity contribution in [3.8, 4) is 11.6 Å². The van der Waals surface area contributed by atoms with Crippen molar-refractivity contribution >= 4 is 15.9 Å². The van der Waals surface area contributed by atoms with E-state index in [1.165, 1.54) is 32.7 Å². The first-order valence-electron chi connectivity index (χ1n) is 8.93. The summed E-state index contributed by atoms with van der Waals surface area (Å²) in [6, 6.07) is 4.64. The third-order valence-electron chi connectivity index (χ3n) is 4.34. The van der Waals surface area contributed by atoms with Crippen molar-refractivity contribution in [1.82, 2.24) is 24.2 Å². The van der Waals surface area contributed by atoms with Crippen molar-refractivity contribution in [2.24, 2.45) is 0 Å². The molecule has 0 spiro atoms. The van der Waals surface area contributed by atoms with Crippen LogP contribution < -0.4 is 10.1 Å². The molecule has 0 aliphatic carbocycles. The molecular weight excluding hydrogens is 432 g/mol. The van der Waals surface area contributed by atoms with Gasteiger partial charge in [0.1, 0.15) is 29.5 Å². The van der Waals surface area contributed by atoms with E-state index in [0.717, 1.165) is 12.1 Å². The summed E-state index contributed by atoms with van der Waals surface area (Å²) >= 11 is 0. The van der Waals surface area contributed by atoms with Crippen LogP contribution in [0.15, 0.2) is 54.1 Å². The first-order chi connectivity index (χ1) is 14.8. The molecule has 1 amide bonds. The number of carbonyl (C=O) groups excluding carboxylic acids is 1. The first kappa shape index (κ1) is 22.3. The molecule has 164 valence electrons. The fraction of sp³-hybridized carbons (Fsp3) is 0.211. The Morgan fingerprint density at radius 2 is 1.94 bits per heavy atom. The predicted molar refractivity (Wildman–Crippen MR) is 106 cm³/mol. The molecule has 0 aliphatic heterocycles. The maximum atomic E-state index is 14.5. The van der Waals surface area contributed by atoms with Gasteiger partial charge in [0.15, 0.2) is 4.90 Å². The number of hydrogen-bond donors (Lipinski definition) is 1. The van der Waals surface area contributed by atoms with Gasteiger partial charge in [0.05, 0.1) is 13.7 Å². The van der Waals surface area contributed by atoms with Gasteiger partial charge in [0, 0.05) is 44.3 Å². The van der Waals surface area contributed by atoms with Crippen LogP contribution in [-0.4, -0.2) is 53.9 Å². The second-order valence-corrected chi connectivity index (χ2v) is 8.23. The van der Waals surface area contributed by atoms with E-state index in [-0.39, 0.29) is 12.3 Å². The van der Waals surface area contributed by atoms with Gasteiger partial charge >= 0.3 is 0 Å². The van der Waals surface area contributed by atoms with Gasteiger partial charge in [0.25, 0.3) is 0 Å². The van der Waals surface area contributed by atoms with E-state index in [0.29, 0.717) is 15.7 Å². The second kappa shape index (κ2) is 9.18. The van der Waals surface area contributed by atoms with Gasteiger partial charge in [-0.05, 0) is 17.7 Å². The number of benzene rings is 1. The third-order valence-corrected chi connectivity index (χ3v) is 6.19. The average Bonchev–Trinajstić information content (AvgIpc) is 3.27. The summed E-state index contributed by atoms with van der Waals surface area (Å²) in [6.07, 6.45) is 6.15. The van der Waals surface area contributed by atoms with E-state index < -0.39 is 39.0 Å². The van der Waals surface area contributed by atoms with Gasteiger partial charge in [-0.3, -0.25) is 9.36 Å². The first-order valence-corrected chi connectivity index (χ1v) is 10.4. The van der Waals surface area contributed by atoms with Crippen LogP contribution in [0.25, 0.3) is 5.82 Å². The number of methoxy groups -OCH3 is 1. The van der Waals surface area contributed by atoms with Gasteiger partial charge in [-0.15, -0.1) is 0 Å². The van der Waals surface area contributed by atoms with Gasteiger partial charge in [-0.1, -0.05) is 0 Å². The summed E-state index contributed by atoms with van der Waals surface area (Å²) in [5.74, 6) is -3.03. The zero-order valence-electron chi connectivity index (χ0n) is 16.6. The number of likely N-dealkylation sites (N-methyl/N-ethyl adjacent to an activating group) is 1. The lowest BCUT2D eigenvalue weighted by Gasteiger charge is -2.22. The fourth-order valence-corrected chi connectivity index (χ4v) is 4.27. The summed E-state index contributed by atoms with van der Waals surface area (Å²) in [7, 11) is -2.21. The molecule has 2 heterocycles. The molecule has 0 atom stereocenters. The van der Waals surface area contributed by atoms with E-state index in [2.05, 4.69) is 15.3 Å². The number of hydrogen-bond acceptors (Lipinski definition) is 6. The van der Waals surface area contributed by atoms with Crippen molar-refractivity contribution in [3.63, 3.8) is 0 Å². The van der Waals surface area contributed by atoms with E-state index in [4.69, 9.17) is 4.74 Å². The summed E-state index contributed by atoms with van der Waals surface area (Å²) in [6.45, 7) is -0.975. The largest absolute Gasteiger partial charge is 0.497 e. The highest BCUT2D eigenvalue weighted by Crippen LogP contribution is 2.28. The van der Waals surface area contributed by atoms with Crippen molar-refractivity contribution < 1.29 is 26.7 Å². The molecule has 3 aromatic rings. The van der Waals surface area contributed by atoms with Crippen LogP contribution in [0.5, 0.6) is 5.75 Å². The van der Waals surface area contributed by atoms with Crippen LogP contribution in [0.4, 0.5) is 8.78 Å². The lowest BCUT2D eigenvalue weighted by molar-refractivity contribution is -0.120. The Kier molecular flexibility index (Phi) is 6.61. The molecule has 0 bridgehead atoms. The lowest BCUT2D eigenvalue weighted by Crippen LogP contribution is -2.39. The van der Waals surface area contributed by atoms with Gasteiger partial charge in [-0.25, -0.2) is 27.2 Å². The van der Waals surface area contributed by atoms with Crippen LogP contribution in [0.2, 0.25) is 0 Å². The van der Waals surface area contributed by atoms with Crippen LogP contribution in [0.1, 0.15) is 5.56 Å². The highest BCUT2D eigenvalue weighted by atomic mass is 32.2. The maximum absolute atomic E-state index is 14.5. The molecule has 0 radical (unpaired) electrons. The smallest absolute Gasteiger partial charge is 0.249 e. The average molecular weight is 451 g/mol. The van der Waals surface area contributed by atoms with Crippen LogP contribution in [0, 0.1) is 11.6 Å². The molecule has 31 heavy (non-hydrogen) atoms. The molecule has 1 aromatic carbocycles. The normalized spacial score (nSPS) is 11.5. The number of imidazole rings is 1. The molecule has 12 heteroatoms. The van der Waals surface area contributed by atoms with E-state index in [1.54, 1.807) is 23.0 Å². The molecule has 0 saturated carbocycles. The molecule has 0 aliphatic rings. The molecule has 1 N–H and O–H groups in total. The van der Waals surface area contributed by atoms with Gasteiger partial charge in [-0.2, -0.15) is 4.31 Å². The topological polar surface area (TPSA) is 106 Å². The summed E-state index contributed by atoms with van der Waals surface area (Å²) < 4.78 is 62.4. The molecule has 2 aromatic heterocycles. The SMILES string of the molecule is CNC(=O)CN(Cc1ccnc(-n2ccnc2)c1)S(=O)(=O)c1c(F)cc(OC)cc1F. The molecule has 9 nitrogen and oxygen atoms in total. The Bertz CT molecular complexity index is 1160. The Labute approximate surface area is 177 Å². The summed E-state index contributed by atoms with van der Waals surface area (Å²) in [4.78, 5) is 18.9. The van der Waals surface area contributed by atoms with Gasteiger partial charge < -0.3 is 10.1 Å². The monoisotopic (exact) mass is 451 g/mol. The number of nitrogens with zero attached hydrogens (tertiary/aromatic N) is 4. The van der Waals surface area contributed by atoms with Crippen molar-refractivity contribution in [2.45, 2.75) is 11.4 Å². The number of nitrogens with one attached hydrogen (secondary N) is 1. The number of sulfonamides is 1. The Hall–Kier alpha value is -3.38. The molecule has 0 saturated heterocycles. The van der Waals surface area contributed by atoms with Crippen molar-refractivity contribution in [2.75, 3.05) is 20.7 Å². The van der Waals surface area contributed by atoms with E-state index in [1.807, 2.05) is 0 Å². The maximum Gasteiger partial charge on any atom is 0.249 e. The standard InChI is InChI=1S/C19H19F2N5O4S/c1-22-18(27)11-26(10-13-3-4-24-17(7-13)25-6-5-23-12-25)31(28,29)19-15(20)8-14(30-2)9-16(19)21/h3-9,12H,10-11H2,1-2H3,(H,22,27). The Balaban J connectivity index is 2.02. The molecule has 3 rings (SSSR count). The number of carbonyl (C=O) groups is 1. The van der Waals surface area contributed by atoms with E-state index in [9.17, 15) is 22.0 Å². The third kappa shape index (κ3) is 4.86. The summed E-state index contributed by atoms with van der Waals surface area (Å²) in [5, 5.41) is 2.31.